The van der Waals surface area contributed by atoms with Crippen molar-refractivity contribution in [1.82, 2.24) is 15.1 Å². The molecular formula is C16H19ClFN3O2. The molecule has 0 radical (unpaired) electrons. The fraction of sp³-hybridized carbons (Fsp3) is 0.500. The Morgan fingerprint density at radius 3 is 2.91 bits per heavy atom. The first-order valence-corrected chi connectivity index (χ1v) is 8.18. The zero-order valence-electron chi connectivity index (χ0n) is 12.7. The molecule has 0 aliphatic carbocycles. The minimum absolute atomic E-state index is 0.0431. The quantitative estimate of drug-likeness (QED) is 0.888. The molecular weight excluding hydrogens is 321 g/mol. The number of likely N-dealkylation sites (tertiary alicyclic amines) is 1. The number of rotatable bonds is 2. The number of carbonyl (C=O) groups excluding carboxylic acids is 2. The van der Waals surface area contributed by atoms with E-state index in [4.69, 9.17) is 11.6 Å². The highest BCUT2D eigenvalue weighted by molar-refractivity contribution is 6.33. The van der Waals surface area contributed by atoms with Crippen LogP contribution in [0.2, 0.25) is 5.02 Å². The molecule has 2 fully saturated rings. The fourth-order valence-corrected chi connectivity index (χ4v) is 3.48. The Bertz CT molecular complexity index is 625. The lowest BCUT2D eigenvalue weighted by Crippen LogP contribution is -2.57. The monoisotopic (exact) mass is 339 g/mol. The Balaban J connectivity index is 1.72. The van der Waals surface area contributed by atoms with E-state index >= 15 is 0 Å². The van der Waals surface area contributed by atoms with E-state index in [-0.39, 0.29) is 22.9 Å². The van der Waals surface area contributed by atoms with Gasteiger partial charge in [-0.3, -0.25) is 9.59 Å². The minimum Gasteiger partial charge on any atom is -0.337 e. The number of benzene rings is 1. The molecule has 7 heteroatoms. The van der Waals surface area contributed by atoms with Crippen LogP contribution in [0.15, 0.2) is 18.2 Å². The molecule has 0 bridgehead atoms. The molecule has 2 aliphatic rings. The third kappa shape index (κ3) is 3.48. The number of piperazine rings is 1. The topological polar surface area (TPSA) is 52.7 Å². The van der Waals surface area contributed by atoms with Gasteiger partial charge in [-0.25, -0.2) is 4.39 Å². The van der Waals surface area contributed by atoms with Gasteiger partial charge in [0.1, 0.15) is 5.82 Å². The van der Waals surface area contributed by atoms with Crippen LogP contribution in [0.1, 0.15) is 23.2 Å². The van der Waals surface area contributed by atoms with Gasteiger partial charge in [0.2, 0.25) is 5.91 Å². The number of piperidine rings is 1. The Hall–Kier alpha value is -1.66. The molecule has 124 valence electrons. The minimum atomic E-state index is -0.463. The maximum atomic E-state index is 13.1. The maximum Gasteiger partial charge on any atom is 0.255 e. The van der Waals surface area contributed by atoms with Gasteiger partial charge in [0, 0.05) is 32.2 Å². The van der Waals surface area contributed by atoms with Gasteiger partial charge in [0.15, 0.2) is 0 Å². The number of hydrogen-bond acceptors (Lipinski definition) is 3. The predicted octanol–water partition coefficient (Wildman–Crippen LogP) is 1.52. The Morgan fingerprint density at radius 2 is 2.17 bits per heavy atom. The summed E-state index contributed by atoms with van der Waals surface area (Å²) in [5.41, 5.74) is 0.306. The van der Waals surface area contributed by atoms with Crippen molar-refractivity contribution in [3.63, 3.8) is 0 Å². The van der Waals surface area contributed by atoms with Crippen molar-refractivity contribution in [2.24, 2.45) is 0 Å². The first-order chi connectivity index (χ1) is 11.1. The molecule has 3 rings (SSSR count). The number of amides is 2. The zero-order chi connectivity index (χ0) is 16.4. The van der Waals surface area contributed by atoms with Crippen molar-refractivity contribution in [3.8, 4) is 0 Å². The van der Waals surface area contributed by atoms with Gasteiger partial charge in [-0.1, -0.05) is 11.6 Å². The van der Waals surface area contributed by atoms with Gasteiger partial charge in [0.25, 0.3) is 5.91 Å². The number of carbonyl (C=O) groups is 2. The lowest BCUT2D eigenvalue weighted by molar-refractivity contribution is -0.135. The lowest BCUT2D eigenvalue weighted by atomic mass is 10.0. The third-order valence-corrected chi connectivity index (χ3v) is 4.72. The van der Waals surface area contributed by atoms with Crippen molar-refractivity contribution in [3.05, 3.63) is 34.6 Å². The lowest BCUT2D eigenvalue weighted by Gasteiger charge is -2.41. The molecule has 1 aromatic carbocycles. The van der Waals surface area contributed by atoms with Crippen LogP contribution >= 0.6 is 11.6 Å². The van der Waals surface area contributed by atoms with E-state index < -0.39 is 5.82 Å². The Labute approximate surface area is 139 Å². The average Bonchev–Trinajstić information content (AvgIpc) is 2.55. The molecule has 0 aromatic heterocycles. The molecule has 2 aliphatic heterocycles. The van der Waals surface area contributed by atoms with Gasteiger partial charge in [-0.2, -0.15) is 0 Å². The first kappa shape index (κ1) is 16.2. The van der Waals surface area contributed by atoms with Crippen LogP contribution in [0.25, 0.3) is 0 Å². The summed E-state index contributed by atoms with van der Waals surface area (Å²) in [6, 6.07) is 3.84. The predicted molar refractivity (Wildman–Crippen MR) is 84.9 cm³/mol. The Kier molecular flexibility index (Phi) is 4.82. The van der Waals surface area contributed by atoms with Crippen LogP contribution in [0, 0.1) is 5.82 Å². The highest BCUT2D eigenvalue weighted by Gasteiger charge is 2.32. The number of nitrogens with one attached hydrogen (secondary N) is 1. The number of hydrogen-bond donors (Lipinski definition) is 1. The molecule has 1 atom stereocenters. The zero-order valence-corrected chi connectivity index (χ0v) is 13.5. The van der Waals surface area contributed by atoms with Gasteiger partial charge >= 0.3 is 0 Å². The van der Waals surface area contributed by atoms with Crippen LogP contribution in [-0.4, -0.2) is 60.4 Å². The second kappa shape index (κ2) is 6.84. The van der Waals surface area contributed by atoms with Gasteiger partial charge in [0.05, 0.1) is 17.1 Å². The number of nitrogens with zero attached hydrogens (tertiary/aromatic N) is 2. The standard InChI is InChI=1S/C16H19ClFN3O2/c17-14-8-11(18)3-4-13(14)16(23)20-6-1-2-12(10-20)21-7-5-19-9-15(21)22/h3-4,8,12,19H,1-2,5-7,9-10H2. The maximum absolute atomic E-state index is 13.1. The molecule has 5 nitrogen and oxygen atoms in total. The van der Waals surface area contributed by atoms with Crippen LogP contribution in [-0.2, 0) is 4.79 Å². The van der Waals surface area contributed by atoms with E-state index in [9.17, 15) is 14.0 Å². The van der Waals surface area contributed by atoms with Gasteiger partial charge in [-0.15, -0.1) is 0 Å². The van der Waals surface area contributed by atoms with Gasteiger partial charge < -0.3 is 15.1 Å². The highest BCUT2D eigenvalue weighted by Crippen LogP contribution is 2.23. The summed E-state index contributed by atoms with van der Waals surface area (Å²) < 4.78 is 13.1. The fourth-order valence-electron chi connectivity index (χ4n) is 3.23. The van der Waals surface area contributed by atoms with Crippen LogP contribution in [0.4, 0.5) is 4.39 Å². The summed E-state index contributed by atoms with van der Waals surface area (Å²) in [7, 11) is 0. The molecule has 1 unspecified atom stereocenters. The first-order valence-electron chi connectivity index (χ1n) is 7.81. The molecule has 1 aromatic rings. The highest BCUT2D eigenvalue weighted by atomic mass is 35.5. The van der Waals surface area contributed by atoms with Gasteiger partial charge in [-0.05, 0) is 31.0 Å². The van der Waals surface area contributed by atoms with Crippen molar-refractivity contribution in [1.29, 1.82) is 0 Å². The molecule has 2 amide bonds. The van der Waals surface area contributed by atoms with E-state index in [2.05, 4.69) is 5.32 Å². The van der Waals surface area contributed by atoms with Crippen molar-refractivity contribution < 1.29 is 14.0 Å². The molecule has 1 N–H and O–H groups in total. The van der Waals surface area contributed by atoms with E-state index in [0.717, 1.165) is 25.5 Å². The molecule has 0 saturated carbocycles. The third-order valence-electron chi connectivity index (χ3n) is 4.41. The van der Waals surface area contributed by atoms with Crippen molar-refractivity contribution in [2.45, 2.75) is 18.9 Å². The molecule has 0 spiro atoms. The average molecular weight is 340 g/mol. The second-order valence-corrected chi connectivity index (χ2v) is 6.34. The summed E-state index contributed by atoms with van der Waals surface area (Å²) in [6.07, 6.45) is 1.74. The number of halogens is 2. The summed E-state index contributed by atoms with van der Waals surface area (Å²) in [4.78, 5) is 28.2. The second-order valence-electron chi connectivity index (χ2n) is 5.94. The SMILES string of the molecule is O=C(c1ccc(F)cc1Cl)N1CCCC(N2CCNCC2=O)C1. The van der Waals surface area contributed by atoms with Crippen LogP contribution in [0.3, 0.4) is 0 Å². The molecule has 2 saturated heterocycles. The summed E-state index contributed by atoms with van der Waals surface area (Å²) >= 11 is 5.99. The Morgan fingerprint density at radius 1 is 1.35 bits per heavy atom. The van der Waals surface area contributed by atoms with Crippen LogP contribution < -0.4 is 5.32 Å². The largest absolute Gasteiger partial charge is 0.337 e. The van der Waals surface area contributed by atoms with Crippen molar-refractivity contribution in [2.75, 3.05) is 32.7 Å². The van der Waals surface area contributed by atoms with E-state index in [1.54, 1.807) is 4.90 Å². The summed E-state index contributed by atoms with van der Waals surface area (Å²) in [6.45, 7) is 2.93. The smallest absolute Gasteiger partial charge is 0.255 e. The van der Waals surface area contributed by atoms with E-state index in [1.165, 1.54) is 12.1 Å². The summed E-state index contributed by atoms with van der Waals surface area (Å²) in [5, 5.41) is 3.17. The van der Waals surface area contributed by atoms with Crippen LogP contribution in [0.5, 0.6) is 0 Å². The molecule has 2 heterocycles. The molecule has 23 heavy (non-hydrogen) atoms. The van der Waals surface area contributed by atoms with Crippen molar-refractivity contribution >= 4 is 23.4 Å². The van der Waals surface area contributed by atoms with E-state index in [1.807, 2.05) is 4.90 Å². The normalized spacial score (nSPS) is 22.3. The van der Waals surface area contributed by atoms with E-state index in [0.29, 0.717) is 31.7 Å². The summed E-state index contributed by atoms with van der Waals surface area (Å²) in [5.74, 6) is -0.591.